The van der Waals surface area contributed by atoms with Crippen molar-refractivity contribution in [3.05, 3.63) is 29.6 Å². The average Bonchev–Trinajstić information content (AvgIpc) is 2.07. The zero-order valence-electron chi connectivity index (χ0n) is 7.41. The maximum atomic E-state index is 8.78. The Morgan fingerprint density at radius 3 is 2.92 bits per heavy atom. The number of aryl methyl sites for hydroxylation is 1. The van der Waals surface area contributed by atoms with Crippen molar-refractivity contribution in [3.8, 4) is 6.07 Å². The molecule has 1 aromatic heterocycles. The molecule has 0 radical (unpaired) electrons. The lowest BCUT2D eigenvalue weighted by atomic mass is 10.0. The summed E-state index contributed by atoms with van der Waals surface area (Å²) in [6.07, 6.45) is 2.58. The van der Waals surface area contributed by atoms with E-state index in [2.05, 4.69) is 11.1 Å². The van der Waals surface area contributed by atoms with Crippen LogP contribution in [0, 0.1) is 18.3 Å². The quantitative estimate of drug-likeness (QED) is 0.666. The van der Waals surface area contributed by atoms with Crippen LogP contribution in [0.15, 0.2) is 18.3 Å². The molecule has 2 nitrogen and oxygen atoms in total. The number of pyridine rings is 1. The van der Waals surface area contributed by atoms with Gasteiger partial charge in [0.1, 0.15) is 0 Å². The number of rotatable bonds is 2. The molecule has 0 aliphatic heterocycles. The predicted molar refractivity (Wildman–Crippen MR) is 47.6 cm³/mol. The van der Waals surface area contributed by atoms with Gasteiger partial charge in [0.2, 0.25) is 0 Å². The van der Waals surface area contributed by atoms with Crippen LogP contribution < -0.4 is 0 Å². The SMILES string of the molecule is CCC(C#N)c1cc(C)ccn1. The fraction of sp³-hybridized carbons (Fsp3) is 0.400. The lowest BCUT2D eigenvalue weighted by molar-refractivity contribution is 0.786. The second-order valence-corrected chi connectivity index (χ2v) is 2.85. The van der Waals surface area contributed by atoms with Crippen molar-refractivity contribution in [2.45, 2.75) is 26.2 Å². The highest BCUT2D eigenvalue weighted by Crippen LogP contribution is 2.16. The summed E-state index contributed by atoms with van der Waals surface area (Å²) in [5, 5.41) is 8.78. The van der Waals surface area contributed by atoms with Gasteiger partial charge >= 0.3 is 0 Å². The maximum absolute atomic E-state index is 8.78. The highest BCUT2D eigenvalue weighted by molar-refractivity contribution is 5.21. The normalized spacial score (nSPS) is 12.1. The summed E-state index contributed by atoms with van der Waals surface area (Å²) in [4.78, 5) is 4.16. The summed E-state index contributed by atoms with van der Waals surface area (Å²) in [5.74, 6) is -0.0510. The van der Waals surface area contributed by atoms with E-state index in [0.29, 0.717) is 0 Å². The molecular formula is C10H12N2. The summed E-state index contributed by atoms with van der Waals surface area (Å²) in [7, 11) is 0. The molecule has 2 heteroatoms. The molecule has 1 atom stereocenters. The van der Waals surface area contributed by atoms with Gasteiger partial charge in [-0.25, -0.2) is 0 Å². The van der Waals surface area contributed by atoms with Gasteiger partial charge in [0, 0.05) is 6.20 Å². The van der Waals surface area contributed by atoms with Gasteiger partial charge in [-0.1, -0.05) is 6.92 Å². The van der Waals surface area contributed by atoms with E-state index in [1.165, 1.54) is 0 Å². The molecule has 1 aromatic rings. The second kappa shape index (κ2) is 3.87. The summed E-state index contributed by atoms with van der Waals surface area (Å²) in [6, 6.07) is 6.14. The highest BCUT2D eigenvalue weighted by Gasteiger charge is 2.08. The molecule has 12 heavy (non-hydrogen) atoms. The molecule has 62 valence electrons. The van der Waals surface area contributed by atoms with E-state index >= 15 is 0 Å². The first-order valence-electron chi connectivity index (χ1n) is 4.10. The van der Waals surface area contributed by atoms with Crippen molar-refractivity contribution in [1.82, 2.24) is 4.98 Å². The summed E-state index contributed by atoms with van der Waals surface area (Å²) in [6.45, 7) is 4.01. The van der Waals surface area contributed by atoms with Crippen LogP contribution >= 0.6 is 0 Å². The molecule has 0 aliphatic rings. The maximum Gasteiger partial charge on any atom is 0.0882 e. The van der Waals surface area contributed by atoms with Crippen LogP contribution in [0.4, 0.5) is 0 Å². The molecule has 0 saturated carbocycles. The van der Waals surface area contributed by atoms with Gasteiger partial charge in [-0.3, -0.25) is 4.98 Å². The number of hydrogen-bond donors (Lipinski definition) is 0. The highest BCUT2D eigenvalue weighted by atomic mass is 14.7. The largest absolute Gasteiger partial charge is 0.260 e. The first-order chi connectivity index (χ1) is 5.77. The third-order valence-electron chi connectivity index (χ3n) is 1.86. The Labute approximate surface area is 72.9 Å². The molecule has 0 fully saturated rings. The monoisotopic (exact) mass is 160 g/mol. The van der Waals surface area contributed by atoms with Crippen LogP contribution in [0.3, 0.4) is 0 Å². The van der Waals surface area contributed by atoms with Crippen molar-refractivity contribution in [3.63, 3.8) is 0 Å². The van der Waals surface area contributed by atoms with Gasteiger partial charge in [0.25, 0.3) is 0 Å². The molecule has 0 N–H and O–H groups in total. The minimum Gasteiger partial charge on any atom is -0.260 e. The molecule has 0 spiro atoms. The Balaban J connectivity index is 2.95. The molecule has 1 heterocycles. The van der Waals surface area contributed by atoms with Gasteiger partial charge in [-0.05, 0) is 31.0 Å². The number of aromatic nitrogens is 1. The minimum absolute atomic E-state index is 0.0510. The summed E-state index contributed by atoms with van der Waals surface area (Å²) < 4.78 is 0. The molecule has 0 aliphatic carbocycles. The van der Waals surface area contributed by atoms with Crippen LogP contribution in [0.5, 0.6) is 0 Å². The minimum atomic E-state index is -0.0510. The molecule has 0 amide bonds. The lowest BCUT2D eigenvalue weighted by Gasteiger charge is -2.04. The average molecular weight is 160 g/mol. The smallest absolute Gasteiger partial charge is 0.0882 e. The molecule has 0 aromatic carbocycles. The first kappa shape index (κ1) is 8.73. The third-order valence-corrected chi connectivity index (χ3v) is 1.86. The Bertz CT molecular complexity index is 299. The fourth-order valence-corrected chi connectivity index (χ4v) is 1.12. The van der Waals surface area contributed by atoms with Gasteiger partial charge in [-0.15, -0.1) is 0 Å². The standard InChI is InChI=1S/C10H12N2/c1-3-9(7-11)10-6-8(2)4-5-12-10/h4-6,9H,3H2,1-2H3. The van der Waals surface area contributed by atoms with Crippen LogP contribution in [-0.2, 0) is 0 Å². The number of hydrogen-bond acceptors (Lipinski definition) is 2. The fourth-order valence-electron chi connectivity index (χ4n) is 1.12. The molecule has 0 saturated heterocycles. The van der Waals surface area contributed by atoms with Crippen molar-refractivity contribution >= 4 is 0 Å². The van der Waals surface area contributed by atoms with Crippen molar-refractivity contribution in [1.29, 1.82) is 5.26 Å². The van der Waals surface area contributed by atoms with E-state index in [4.69, 9.17) is 5.26 Å². The van der Waals surface area contributed by atoms with E-state index in [1.54, 1.807) is 6.20 Å². The summed E-state index contributed by atoms with van der Waals surface area (Å²) in [5.41, 5.74) is 2.05. The van der Waals surface area contributed by atoms with Crippen LogP contribution in [0.25, 0.3) is 0 Å². The third kappa shape index (κ3) is 1.82. The van der Waals surface area contributed by atoms with E-state index in [-0.39, 0.29) is 5.92 Å². The van der Waals surface area contributed by atoms with Gasteiger partial charge in [0.15, 0.2) is 0 Å². The zero-order valence-corrected chi connectivity index (χ0v) is 7.41. The number of nitriles is 1. The molecule has 0 bridgehead atoms. The zero-order chi connectivity index (χ0) is 8.97. The molecule has 1 unspecified atom stereocenters. The molecular weight excluding hydrogens is 148 g/mol. The van der Waals surface area contributed by atoms with Gasteiger partial charge in [0.05, 0.1) is 17.7 Å². The van der Waals surface area contributed by atoms with E-state index in [1.807, 2.05) is 26.0 Å². The van der Waals surface area contributed by atoms with Crippen molar-refractivity contribution in [2.75, 3.05) is 0 Å². The lowest BCUT2D eigenvalue weighted by Crippen LogP contribution is -1.97. The van der Waals surface area contributed by atoms with E-state index in [0.717, 1.165) is 17.7 Å². The second-order valence-electron chi connectivity index (χ2n) is 2.85. The van der Waals surface area contributed by atoms with E-state index < -0.39 is 0 Å². The number of nitrogens with zero attached hydrogens (tertiary/aromatic N) is 2. The van der Waals surface area contributed by atoms with Gasteiger partial charge in [-0.2, -0.15) is 5.26 Å². The van der Waals surface area contributed by atoms with Crippen LogP contribution in [0.1, 0.15) is 30.5 Å². The predicted octanol–water partition coefficient (Wildman–Crippen LogP) is 2.41. The Morgan fingerprint density at radius 1 is 1.67 bits per heavy atom. The van der Waals surface area contributed by atoms with Crippen LogP contribution in [-0.4, -0.2) is 4.98 Å². The van der Waals surface area contributed by atoms with Crippen molar-refractivity contribution < 1.29 is 0 Å². The molecule has 1 rings (SSSR count). The Morgan fingerprint density at radius 2 is 2.42 bits per heavy atom. The van der Waals surface area contributed by atoms with Crippen LogP contribution in [0.2, 0.25) is 0 Å². The Kier molecular flexibility index (Phi) is 2.82. The summed E-state index contributed by atoms with van der Waals surface area (Å²) >= 11 is 0. The first-order valence-corrected chi connectivity index (χ1v) is 4.10. The van der Waals surface area contributed by atoms with E-state index in [9.17, 15) is 0 Å². The van der Waals surface area contributed by atoms with Gasteiger partial charge < -0.3 is 0 Å². The Hall–Kier alpha value is -1.36. The van der Waals surface area contributed by atoms with Crippen molar-refractivity contribution in [2.24, 2.45) is 0 Å². The topological polar surface area (TPSA) is 36.7 Å².